The van der Waals surface area contributed by atoms with Crippen molar-refractivity contribution >= 4 is 17.3 Å². The average Bonchev–Trinajstić information content (AvgIpc) is 2.38. The van der Waals surface area contributed by atoms with Gasteiger partial charge in [0.25, 0.3) is 0 Å². The number of likely N-dealkylation sites (N-methyl/N-ethyl adjacent to an activating group) is 1. The van der Waals surface area contributed by atoms with Crippen molar-refractivity contribution in [2.45, 2.75) is 13.1 Å². The molecule has 108 valence electrons. The third-order valence-electron chi connectivity index (χ3n) is 2.51. The lowest BCUT2D eigenvalue weighted by atomic mass is 10.2. The maximum Gasteiger partial charge on any atom is 0.433 e. The fourth-order valence-electron chi connectivity index (χ4n) is 1.57. The second-order valence-electron chi connectivity index (χ2n) is 3.78. The molecule has 19 heavy (non-hydrogen) atoms. The first-order chi connectivity index (χ1) is 8.99. The maximum atomic E-state index is 12.6. The zero-order valence-corrected chi connectivity index (χ0v) is 11.3. The van der Waals surface area contributed by atoms with Crippen LogP contribution < -0.4 is 4.90 Å². The Morgan fingerprint density at radius 2 is 2.11 bits per heavy atom. The van der Waals surface area contributed by atoms with Crippen LogP contribution in [0.5, 0.6) is 0 Å². The summed E-state index contributed by atoms with van der Waals surface area (Å²) in [5, 5.41) is 0. The molecule has 1 aromatic rings. The molecule has 0 aromatic carbocycles. The zero-order chi connectivity index (χ0) is 14.3. The molecule has 0 spiro atoms. The van der Waals surface area contributed by atoms with Gasteiger partial charge in [-0.05, 0) is 19.1 Å². The van der Waals surface area contributed by atoms with Crippen LogP contribution in [0.25, 0.3) is 0 Å². The van der Waals surface area contributed by atoms with Crippen molar-refractivity contribution in [1.82, 2.24) is 4.98 Å². The SMILES string of the molecule is CCN(CCOCCCl)c1ccnc(C(F)(F)F)c1. The van der Waals surface area contributed by atoms with Crippen LogP contribution in [-0.2, 0) is 10.9 Å². The highest BCUT2D eigenvalue weighted by Crippen LogP contribution is 2.29. The van der Waals surface area contributed by atoms with Crippen molar-refractivity contribution in [2.75, 3.05) is 37.1 Å². The molecule has 0 aliphatic rings. The Morgan fingerprint density at radius 3 is 2.68 bits per heavy atom. The molecule has 0 N–H and O–H groups in total. The first-order valence-corrected chi connectivity index (χ1v) is 6.44. The first kappa shape index (κ1) is 16.0. The van der Waals surface area contributed by atoms with Crippen LogP contribution in [0.2, 0.25) is 0 Å². The molecular weight excluding hydrogens is 281 g/mol. The second-order valence-corrected chi connectivity index (χ2v) is 4.16. The molecule has 0 aliphatic heterocycles. The van der Waals surface area contributed by atoms with Gasteiger partial charge in [-0.3, -0.25) is 4.98 Å². The summed E-state index contributed by atoms with van der Waals surface area (Å²) >= 11 is 5.47. The van der Waals surface area contributed by atoms with E-state index in [0.29, 0.717) is 37.9 Å². The predicted molar refractivity (Wildman–Crippen MR) is 68.7 cm³/mol. The lowest BCUT2D eigenvalue weighted by Gasteiger charge is -2.23. The van der Waals surface area contributed by atoms with Gasteiger partial charge in [0, 0.05) is 30.9 Å². The van der Waals surface area contributed by atoms with E-state index in [1.807, 2.05) is 6.92 Å². The van der Waals surface area contributed by atoms with E-state index in [1.165, 1.54) is 6.20 Å². The summed E-state index contributed by atoms with van der Waals surface area (Å²) in [5.41, 5.74) is -0.399. The molecule has 0 aliphatic carbocycles. The molecule has 0 saturated carbocycles. The van der Waals surface area contributed by atoms with Crippen molar-refractivity contribution < 1.29 is 17.9 Å². The molecule has 0 bridgehead atoms. The van der Waals surface area contributed by atoms with Gasteiger partial charge in [-0.2, -0.15) is 13.2 Å². The van der Waals surface area contributed by atoms with Crippen LogP contribution in [0, 0.1) is 0 Å². The third kappa shape index (κ3) is 5.24. The lowest BCUT2D eigenvalue weighted by molar-refractivity contribution is -0.141. The monoisotopic (exact) mass is 296 g/mol. The molecule has 1 aromatic heterocycles. The van der Waals surface area contributed by atoms with E-state index in [0.717, 1.165) is 6.07 Å². The topological polar surface area (TPSA) is 25.4 Å². The van der Waals surface area contributed by atoms with Gasteiger partial charge in [0.15, 0.2) is 0 Å². The predicted octanol–water partition coefficient (Wildman–Crippen LogP) is 3.18. The van der Waals surface area contributed by atoms with Crippen LogP contribution in [0.1, 0.15) is 12.6 Å². The number of rotatable bonds is 7. The Hall–Kier alpha value is -1.01. The average molecular weight is 297 g/mol. The molecule has 0 radical (unpaired) electrons. The number of pyridine rings is 1. The molecule has 0 atom stereocenters. The molecule has 1 rings (SSSR count). The Labute approximate surface area is 115 Å². The van der Waals surface area contributed by atoms with E-state index in [2.05, 4.69) is 4.98 Å². The van der Waals surface area contributed by atoms with Crippen molar-refractivity contribution in [3.63, 3.8) is 0 Å². The smallest absolute Gasteiger partial charge is 0.378 e. The summed E-state index contributed by atoms with van der Waals surface area (Å²) < 4.78 is 42.9. The Balaban J connectivity index is 2.70. The number of nitrogens with zero attached hydrogens (tertiary/aromatic N) is 2. The largest absolute Gasteiger partial charge is 0.433 e. The first-order valence-electron chi connectivity index (χ1n) is 5.91. The van der Waals surface area contributed by atoms with Crippen LogP contribution in [0.3, 0.4) is 0 Å². The van der Waals surface area contributed by atoms with E-state index in [4.69, 9.17) is 16.3 Å². The molecule has 7 heteroatoms. The number of alkyl halides is 4. The highest BCUT2D eigenvalue weighted by molar-refractivity contribution is 6.17. The van der Waals surface area contributed by atoms with Gasteiger partial charge in [0.05, 0.1) is 13.2 Å². The van der Waals surface area contributed by atoms with Crippen molar-refractivity contribution in [1.29, 1.82) is 0 Å². The van der Waals surface area contributed by atoms with E-state index in [1.54, 1.807) is 11.0 Å². The quantitative estimate of drug-likeness (QED) is 0.571. The summed E-state index contributed by atoms with van der Waals surface area (Å²) in [6.07, 6.45) is -3.26. The van der Waals surface area contributed by atoms with Gasteiger partial charge in [-0.15, -0.1) is 11.6 Å². The van der Waals surface area contributed by atoms with Crippen LogP contribution in [-0.4, -0.2) is 37.2 Å². The molecule has 0 unspecified atom stereocenters. The molecule has 0 amide bonds. The Bertz CT molecular complexity index is 387. The number of hydrogen-bond acceptors (Lipinski definition) is 3. The third-order valence-corrected chi connectivity index (χ3v) is 2.66. The molecular formula is C12H16ClF3N2O. The Morgan fingerprint density at radius 1 is 1.37 bits per heavy atom. The van der Waals surface area contributed by atoms with Crippen molar-refractivity contribution in [2.24, 2.45) is 0 Å². The van der Waals surface area contributed by atoms with Gasteiger partial charge < -0.3 is 9.64 Å². The summed E-state index contributed by atoms with van der Waals surface area (Å²) in [5.74, 6) is 0.402. The van der Waals surface area contributed by atoms with E-state index < -0.39 is 11.9 Å². The van der Waals surface area contributed by atoms with E-state index in [9.17, 15) is 13.2 Å². The lowest BCUT2D eigenvalue weighted by Crippen LogP contribution is -2.27. The molecule has 0 fully saturated rings. The number of ether oxygens (including phenoxy) is 1. The molecule has 3 nitrogen and oxygen atoms in total. The second kappa shape index (κ2) is 7.55. The Kier molecular flexibility index (Phi) is 6.37. The summed E-state index contributed by atoms with van der Waals surface area (Å²) in [7, 11) is 0. The van der Waals surface area contributed by atoms with Crippen LogP contribution in [0.4, 0.5) is 18.9 Å². The minimum atomic E-state index is -4.43. The van der Waals surface area contributed by atoms with Gasteiger partial charge in [-0.1, -0.05) is 0 Å². The van der Waals surface area contributed by atoms with E-state index in [-0.39, 0.29) is 0 Å². The number of hydrogen-bond donors (Lipinski definition) is 0. The highest BCUT2D eigenvalue weighted by atomic mass is 35.5. The normalized spacial score (nSPS) is 11.6. The minimum absolute atomic E-state index is 0.402. The van der Waals surface area contributed by atoms with Gasteiger partial charge in [-0.25, -0.2) is 0 Å². The molecule has 1 heterocycles. The summed E-state index contributed by atoms with van der Waals surface area (Å²) in [6, 6.07) is 2.60. The standard InChI is InChI=1S/C12H16ClF3N2O/c1-2-18(6-8-19-7-4-13)10-3-5-17-11(9-10)12(14,15)16/h3,5,9H,2,4,6-8H2,1H3. The fourth-order valence-corrected chi connectivity index (χ4v) is 1.68. The van der Waals surface area contributed by atoms with Gasteiger partial charge >= 0.3 is 6.18 Å². The summed E-state index contributed by atoms with van der Waals surface area (Å²) in [6.45, 7) is 3.82. The van der Waals surface area contributed by atoms with Crippen molar-refractivity contribution in [3.8, 4) is 0 Å². The van der Waals surface area contributed by atoms with Gasteiger partial charge in [0.2, 0.25) is 0 Å². The van der Waals surface area contributed by atoms with Crippen molar-refractivity contribution in [3.05, 3.63) is 24.0 Å². The zero-order valence-electron chi connectivity index (χ0n) is 10.6. The molecule has 0 saturated heterocycles. The number of aromatic nitrogens is 1. The van der Waals surface area contributed by atoms with Gasteiger partial charge in [0.1, 0.15) is 5.69 Å². The summed E-state index contributed by atoms with van der Waals surface area (Å²) in [4.78, 5) is 5.13. The minimum Gasteiger partial charge on any atom is -0.378 e. The van der Waals surface area contributed by atoms with E-state index >= 15 is 0 Å². The number of halogens is 4. The fraction of sp³-hybridized carbons (Fsp3) is 0.583. The van der Waals surface area contributed by atoms with Crippen LogP contribution >= 0.6 is 11.6 Å². The van der Waals surface area contributed by atoms with Crippen LogP contribution in [0.15, 0.2) is 18.3 Å². The number of anilines is 1. The highest BCUT2D eigenvalue weighted by Gasteiger charge is 2.32. The maximum absolute atomic E-state index is 12.6.